The second-order valence-corrected chi connectivity index (χ2v) is 6.33. The van der Waals surface area contributed by atoms with Crippen molar-refractivity contribution in [3.63, 3.8) is 0 Å². The van der Waals surface area contributed by atoms with Crippen LogP contribution in [0.15, 0.2) is 0 Å². The Morgan fingerprint density at radius 2 is 1.24 bits per heavy atom. The molecule has 0 aromatic rings. The number of rotatable bonds is 12. The van der Waals surface area contributed by atoms with E-state index in [-0.39, 0.29) is 59.1 Å². The summed E-state index contributed by atoms with van der Waals surface area (Å²) in [6, 6.07) is 0. The van der Waals surface area contributed by atoms with Gasteiger partial charge in [0.2, 0.25) is 0 Å². The van der Waals surface area contributed by atoms with Crippen molar-refractivity contribution in [2.24, 2.45) is 5.41 Å². The molecule has 1 rings (SSSR count). The first-order valence-electron chi connectivity index (χ1n) is 8.69. The molecular formula is C17H28Na2O6. The van der Waals surface area contributed by atoms with Gasteiger partial charge in [0.25, 0.3) is 0 Å². The second kappa shape index (κ2) is 15.9. The van der Waals surface area contributed by atoms with Gasteiger partial charge in [-0.1, -0.05) is 58.3 Å². The summed E-state index contributed by atoms with van der Waals surface area (Å²) < 4.78 is 10.4. The van der Waals surface area contributed by atoms with Gasteiger partial charge in [0, 0.05) is 0 Å². The molecule has 0 aromatic carbocycles. The minimum Gasteiger partial charge on any atom is -0.549 e. The third-order valence-corrected chi connectivity index (χ3v) is 4.36. The van der Waals surface area contributed by atoms with Crippen LogP contribution < -0.4 is 69.3 Å². The molecular weight excluding hydrogens is 346 g/mol. The largest absolute Gasteiger partial charge is 1.00 e. The molecule has 1 aliphatic heterocycles. The van der Waals surface area contributed by atoms with Crippen LogP contribution in [0.1, 0.15) is 71.1 Å². The first-order valence-corrected chi connectivity index (χ1v) is 8.69. The standard InChI is InChI=1S/C17H30O6.2Na/c1-2-3-4-5-6-7-8-9-10-11-14-22-12-17(13-23-14,15(18)19)16(20)21;;/h14H,2-13H2,1H3,(H,18,19)(H,20,21);;/q;2*+1/p-2. The van der Waals surface area contributed by atoms with Gasteiger partial charge in [0.1, 0.15) is 0 Å². The summed E-state index contributed by atoms with van der Waals surface area (Å²) in [4.78, 5) is 21.9. The van der Waals surface area contributed by atoms with E-state index in [1.54, 1.807) is 0 Å². The van der Waals surface area contributed by atoms with Crippen molar-refractivity contribution < 1.29 is 88.4 Å². The Balaban J connectivity index is 0. The van der Waals surface area contributed by atoms with Crippen LogP contribution in [-0.2, 0) is 19.1 Å². The fraction of sp³-hybridized carbons (Fsp3) is 0.882. The first-order chi connectivity index (χ1) is 11.0. The monoisotopic (exact) mass is 374 g/mol. The van der Waals surface area contributed by atoms with E-state index in [9.17, 15) is 19.8 Å². The zero-order valence-corrected chi connectivity index (χ0v) is 20.0. The summed E-state index contributed by atoms with van der Waals surface area (Å²) in [7, 11) is 0. The summed E-state index contributed by atoms with van der Waals surface area (Å²) >= 11 is 0. The van der Waals surface area contributed by atoms with E-state index in [0.717, 1.165) is 12.8 Å². The van der Waals surface area contributed by atoms with Crippen molar-refractivity contribution in [1.82, 2.24) is 0 Å². The van der Waals surface area contributed by atoms with Crippen LogP contribution in [0.4, 0.5) is 0 Å². The van der Waals surface area contributed by atoms with Crippen LogP contribution in [-0.4, -0.2) is 31.4 Å². The summed E-state index contributed by atoms with van der Waals surface area (Å²) in [5, 5.41) is 21.9. The maximum Gasteiger partial charge on any atom is 1.00 e. The third-order valence-electron chi connectivity index (χ3n) is 4.36. The molecule has 0 radical (unpaired) electrons. The normalized spacial score (nSPS) is 16.5. The zero-order chi connectivity index (χ0) is 17.1. The van der Waals surface area contributed by atoms with Gasteiger partial charge in [0.15, 0.2) is 6.29 Å². The molecule has 1 heterocycles. The van der Waals surface area contributed by atoms with Crippen LogP contribution in [0.3, 0.4) is 0 Å². The maximum absolute atomic E-state index is 11.0. The molecule has 0 amide bonds. The SMILES string of the molecule is CCCCCCCCCCCC1OCC(C(=O)[O-])(C(=O)[O-])CO1.[Na+].[Na+]. The molecule has 0 aromatic heterocycles. The Kier molecular flexibility index (Phi) is 17.8. The molecule has 0 atom stereocenters. The number of hydrogen-bond donors (Lipinski definition) is 0. The Labute approximate surface area is 195 Å². The predicted octanol–water partition coefficient (Wildman–Crippen LogP) is -5.23. The molecule has 0 saturated carbocycles. The number of ether oxygens (including phenoxy) is 2. The van der Waals surface area contributed by atoms with Gasteiger partial charge in [-0.15, -0.1) is 0 Å². The minimum atomic E-state index is -2.19. The third kappa shape index (κ3) is 10.1. The molecule has 1 aliphatic rings. The smallest absolute Gasteiger partial charge is 0.549 e. The van der Waals surface area contributed by atoms with E-state index in [2.05, 4.69) is 6.92 Å². The predicted molar refractivity (Wildman–Crippen MR) is 80.0 cm³/mol. The molecule has 6 nitrogen and oxygen atoms in total. The van der Waals surface area contributed by atoms with Crippen molar-refractivity contribution in [2.45, 2.75) is 77.4 Å². The molecule has 8 heteroatoms. The maximum atomic E-state index is 11.0. The van der Waals surface area contributed by atoms with Gasteiger partial charge in [-0.3, -0.25) is 0 Å². The summed E-state index contributed by atoms with van der Waals surface area (Å²) in [5.74, 6) is -3.45. The molecule has 134 valence electrons. The molecule has 1 saturated heterocycles. The van der Waals surface area contributed by atoms with Crippen LogP contribution in [0.2, 0.25) is 0 Å². The summed E-state index contributed by atoms with van der Waals surface area (Å²) in [5.41, 5.74) is -2.19. The Morgan fingerprint density at radius 3 is 1.64 bits per heavy atom. The van der Waals surface area contributed by atoms with Gasteiger partial charge in [-0.05, 0) is 12.8 Å². The van der Waals surface area contributed by atoms with E-state index < -0.39 is 36.9 Å². The van der Waals surface area contributed by atoms with E-state index >= 15 is 0 Å². The van der Waals surface area contributed by atoms with Crippen LogP contribution in [0, 0.1) is 5.41 Å². The van der Waals surface area contributed by atoms with E-state index in [4.69, 9.17) is 9.47 Å². The number of carboxylic acids is 2. The number of carbonyl (C=O) groups excluding carboxylic acids is 2. The van der Waals surface area contributed by atoms with Crippen LogP contribution in [0.25, 0.3) is 0 Å². The fourth-order valence-electron chi connectivity index (χ4n) is 2.67. The minimum absolute atomic E-state index is 0. The summed E-state index contributed by atoms with van der Waals surface area (Å²) in [6.45, 7) is 1.29. The molecule has 0 N–H and O–H groups in total. The number of carbonyl (C=O) groups is 2. The van der Waals surface area contributed by atoms with Crippen molar-refractivity contribution in [1.29, 1.82) is 0 Å². The molecule has 0 bridgehead atoms. The van der Waals surface area contributed by atoms with Crippen LogP contribution in [0.5, 0.6) is 0 Å². The number of unbranched alkanes of at least 4 members (excludes halogenated alkanes) is 8. The Bertz CT molecular complexity index is 354. The average molecular weight is 374 g/mol. The van der Waals surface area contributed by atoms with Gasteiger partial charge in [-0.25, -0.2) is 0 Å². The van der Waals surface area contributed by atoms with Crippen molar-refractivity contribution in [2.75, 3.05) is 13.2 Å². The van der Waals surface area contributed by atoms with Gasteiger partial charge in [-0.2, -0.15) is 0 Å². The van der Waals surface area contributed by atoms with E-state index in [0.29, 0.717) is 6.42 Å². The molecule has 0 spiro atoms. The number of carboxylic acid groups (broad SMARTS) is 2. The van der Waals surface area contributed by atoms with Crippen LogP contribution >= 0.6 is 0 Å². The molecule has 0 aliphatic carbocycles. The quantitative estimate of drug-likeness (QED) is 0.192. The van der Waals surface area contributed by atoms with Crippen molar-refractivity contribution in [3.8, 4) is 0 Å². The Hall–Kier alpha value is 0.860. The second-order valence-electron chi connectivity index (χ2n) is 6.33. The van der Waals surface area contributed by atoms with Gasteiger partial charge < -0.3 is 29.3 Å². The van der Waals surface area contributed by atoms with Gasteiger partial charge >= 0.3 is 59.1 Å². The van der Waals surface area contributed by atoms with Gasteiger partial charge in [0.05, 0.1) is 30.6 Å². The summed E-state index contributed by atoms with van der Waals surface area (Å²) in [6.07, 6.45) is 11.0. The molecule has 1 fully saturated rings. The Morgan fingerprint density at radius 1 is 0.840 bits per heavy atom. The molecule has 25 heavy (non-hydrogen) atoms. The van der Waals surface area contributed by atoms with Crippen molar-refractivity contribution >= 4 is 11.9 Å². The van der Waals surface area contributed by atoms with Crippen molar-refractivity contribution in [3.05, 3.63) is 0 Å². The molecule has 0 unspecified atom stereocenters. The van der Waals surface area contributed by atoms with E-state index in [1.807, 2.05) is 0 Å². The zero-order valence-electron chi connectivity index (χ0n) is 16.0. The van der Waals surface area contributed by atoms with E-state index in [1.165, 1.54) is 44.9 Å². The topological polar surface area (TPSA) is 98.7 Å². The first kappa shape index (κ1) is 28.1. The number of hydrogen-bond acceptors (Lipinski definition) is 6. The number of aliphatic carboxylic acids is 2. The average Bonchev–Trinajstić information content (AvgIpc) is 2.53. The fourth-order valence-corrected chi connectivity index (χ4v) is 2.67.